The van der Waals surface area contributed by atoms with Gasteiger partial charge in [0.1, 0.15) is 5.78 Å². The molecule has 2 aromatic rings. The summed E-state index contributed by atoms with van der Waals surface area (Å²) in [5, 5.41) is 8.84. The van der Waals surface area contributed by atoms with Crippen LogP contribution in [0.15, 0.2) is 48.5 Å². The Morgan fingerprint density at radius 1 is 0.957 bits per heavy atom. The lowest BCUT2D eigenvalue weighted by molar-refractivity contribution is -0.138. The van der Waals surface area contributed by atoms with Crippen molar-refractivity contribution < 1.29 is 14.7 Å². The van der Waals surface area contributed by atoms with Crippen LogP contribution in [0.3, 0.4) is 0 Å². The highest BCUT2D eigenvalue weighted by Crippen LogP contribution is 2.29. The summed E-state index contributed by atoms with van der Waals surface area (Å²) in [6.45, 7) is 0. The van der Waals surface area contributed by atoms with Gasteiger partial charge < -0.3 is 5.11 Å². The largest absolute Gasteiger partial charge is 0.481 e. The molecule has 3 nitrogen and oxygen atoms in total. The first-order chi connectivity index (χ1) is 11.1. The average molecular weight is 304 g/mol. The maximum absolute atomic E-state index is 12.6. The second kappa shape index (κ2) is 6.50. The molecule has 0 amide bonds. The summed E-state index contributed by atoms with van der Waals surface area (Å²) in [7, 11) is 0. The van der Waals surface area contributed by atoms with E-state index in [9.17, 15) is 9.59 Å². The number of hydrogen-bond acceptors (Lipinski definition) is 2. The molecule has 0 saturated heterocycles. The first-order valence-corrected chi connectivity index (χ1v) is 7.58. The molecule has 1 aliphatic rings. The number of rotatable bonds is 4. The van der Waals surface area contributed by atoms with E-state index in [1.165, 1.54) is 0 Å². The van der Waals surface area contributed by atoms with Crippen LogP contribution in [0.25, 0.3) is 0 Å². The van der Waals surface area contributed by atoms with E-state index in [0.29, 0.717) is 6.42 Å². The van der Waals surface area contributed by atoms with Gasteiger partial charge in [-0.2, -0.15) is 0 Å². The Balaban J connectivity index is 2.04. The van der Waals surface area contributed by atoms with Crippen LogP contribution in [-0.4, -0.2) is 16.9 Å². The maximum Gasteiger partial charge on any atom is 0.303 e. The number of carbonyl (C=O) groups is 2. The number of hydrogen-bond donors (Lipinski definition) is 1. The molecule has 1 atom stereocenters. The number of carbonyl (C=O) groups excluding carboxylic acids is 1. The van der Waals surface area contributed by atoms with E-state index in [0.717, 1.165) is 22.3 Å². The lowest BCUT2D eigenvalue weighted by Crippen LogP contribution is -2.19. The van der Waals surface area contributed by atoms with Crippen molar-refractivity contribution in [2.45, 2.75) is 25.2 Å². The molecule has 0 radical (unpaired) electrons. The van der Waals surface area contributed by atoms with Gasteiger partial charge in [0.25, 0.3) is 0 Å². The van der Waals surface area contributed by atoms with Crippen molar-refractivity contribution in [1.82, 2.24) is 0 Å². The van der Waals surface area contributed by atoms with Gasteiger partial charge in [0, 0.05) is 23.5 Å². The van der Waals surface area contributed by atoms with Crippen LogP contribution in [0.4, 0.5) is 0 Å². The topological polar surface area (TPSA) is 54.4 Å². The van der Waals surface area contributed by atoms with Gasteiger partial charge in [0.05, 0.1) is 6.42 Å². The molecule has 1 aliphatic carbocycles. The number of Topliss-reactive ketones (excluding diaryl/α,β-unsaturated/α-hetero) is 1. The first kappa shape index (κ1) is 15.1. The summed E-state index contributed by atoms with van der Waals surface area (Å²) in [6, 6.07) is 15.4. The third kappa shape index (κ3) is 3.32. The summed E-state index contributed by atoms with van der Waals surface area (Å²) in [5.41, 5.74) is 3.70. The van der Waals surface area contributed by atoms with Gasteiger partial charge >= 0.3 is 5.97 Å². The van der Waals surface area contributed by atoms with Crippen LogP contribution >= 0.6 is 0 Å². The molecule has 0 aliphatic heterocycles. The number of benzene rings is 2. The number of ketones is 1. The van der Waals surface area contributed by atoms with Gasteiger partial charge in [-0.3, -0.25) is 9.59 Å². The van der Waals surface area contributed by atoms with E-state index in [4.69, 9.17) is 5.11 Å². The lowest BCUT2D eigenvalue weighted by atomic mass is 9.82. The number of carboxylic acid groups (broad SMARTS) is 1. The van der Waals surface area contributed by atoms with Crippen LogP contribution in [0.2, 0.25) is 0 Å². The normalized spacial score (nSPS) is 15.2. The van der Waals surface area contributed by atoms with Crippen molar-refractivity contribution in [3.8, 4) is 11.8 Å². The van der Waals surface area contributed by atoms with Crippen LogP contribution in [0.5, 0.6) is 0 Å². The molecular weight excluding hydrogens is 288 g/mol. The van der Waals surface area contributed by atoms with Crippen molar-refractivity contribution in [2.24, 2.45) is 0 Å². The molecule has 114 valence electrons. The minimum Gasteiger partial charge on any atom is -0.481 e. The predicted octanol–water partition coefficient (Wildman–Crippen LogP) is 3.16. The predicted molar refractivity (Wildman–Crippen MR) is 87.2 cm³/mol. The van der Waals surface area contributed by atoms with Crippen LogP contribution < -0.4 is 0 Å². The number of fused-ring (bicyclic) bond motifs is 2. The number of carboxylic acids is 1. The Morgan fingerprint density at radius 2 is 1.61 bits per heavy atom. The molecule has 1 unspecified atom stereocenters. The van der Waals surface area contributed by atoms with E-state index in [1.807, 2.05) is 48.5 Å². The molecule has 0 saturated carbocycles. The van der Waals surface area contributed by atoms with Gasteiger partial charge in [-0.15, -0.1) is 0 Å². The van der Waals surface area contributed by atoms with Crippen LogP contribution in [0, 0.1) is 11.8 Å². The average Bonchev–Trinajstić information content (AvgIpc) is 2.55. The van der Waals surface area contributed by atoms with Crippen LogP contribution in [0.1, 0.15) is 41.0 Å². The summed E-state index contributed by atoms with van der Waals surface area (Å²) in [5.74, 6) is 4.99. The fourth-order valence-corrected chi connectivity index (χ4v) is 2.89. The highest BCUT2D eigenvalue weighted by molar-refractivity contribution is 5.89. The number of aliphatic carboxylic acids is 1. The zero-order valence-corrected chi connectivity index (χ0v) is 12.6. The zero-order chi connectivity index (χ0) is 16.2. The SMILES string of the molecule is O=C(O)CCC(=O)C1Cc2ccccc2C#Cc2ccccc21. The monoisotopic (exact) mass is 304 g/mol. The van der Waals surface area contributed by atoms with Gasteiger partial charge in [-0.1, -0.05) is 48.2 Å². The Hall–Kier alpha value is -2.86. The van der Waals surface area contributed by atoms with Crippen LogP contribution in [-0.2, 0) is 16.0 Å². The summed E-state index contributed by atoms with van der Waals surface area (Å²) in [6.07, 6.45) is 0.467. The standard InChI is InChI=1S/C20H16O3/c21-19(11-12-20(22)23)18-13-16-7-2-1-5-14(16)9-10-15-6-3-4-8-17(15)18/h1-8,18H,11-13H2,(H,22,23). The summed E-state index contributed by atoms with van der Waals surface area (Å²) >= 11 is 0. The highest BCUT2D eigenvalue weighted by atomic mass is 16.4. The Morgan fingerprint density at radius 3 is 2.39 bits per heavy atom. The Bertz CT molecular complexity index is 824. The highest BCUT2D eigenvalue weighted by Gasteiger charge is 2.25. The second-order valence-corrected chi connectivity index (χ2v) is 5.61. The molecular formula is C20H16O3. The van der Waals surface area contributed by atoms with Crippen molar-refractivity contribution in [2.75, 3.05) is 0 Å². The molecule has 3 heteroatoms. The van der Waals surface area contributed by atoms with Gasteiger partial charge in [0.2, 0.25) is 0 Å². The van der Waals surface area contributed by atoms with Gasteiger partial charge in [0.15, 0.2) is 0 Å². The molecule has 0 heterocycles. The fourth-order valence-electron chi connectivity index (χ4n) is 2.89. The molecule has 1 N–H and O–H groups in total. The molecule has 23 heavy (non-hydrogen) atoms. The van der Waals surface area contributed by atoms with Crippen molar-refractivity contribution in [3.63, 3.8) is 0 Å². The lowest BCUT2D eigenvalue weighted by Gasteiger charge is -2.20. The molecule has 0 aromatic heterocycles. The van der Waals surface area contributed by atoms with Crippen molar-refractivity contribution >= 4 is 11.8 Å². The first-order valence-electron chi connectivity index (χ1n) is 7.58. The Kier molecular flexibility index (Phi) is 4.25. The molecule has 0 fully saturated rings. The third-order valence-corrected chi connectivity index (χ3v) is 4.08. The third-order valence-electron chi connectivity index (χ3n) is 4.08. The van der Waals surface area contributed by atoms with E-state index in [1.54, 1.807) is 0 Å². The van der Waals surface area contributed by atoms with E-state index in [-0.39, 0.29) is 24.5 Å². The second-order valence-electron chi connectivity index (χ2n) is 5.61. The van der Waals surface area contributed by atoms with Crippen molar-refractivity contribution in [1.29, 1.82) is 0 Å². The zero-order valence-electron chi connectivity index (χ0n) is 12.6. The van der Waals surface area contributed by atoms with E-state index in [2.05, 4.69) is 11.8 Å². The molecule has 0 spiro atoms. The summed E-state index contributed by atoms with van der Waals surface area (Å²) in [4.78, 5) is 23.4. The maximum atomic E-state index is 12.6. The van der Waals surface area contributed by atoms with Gasteiger partial charge in [-0.05, 0) is 29.7 Å². The van der Waals surface area contributed by atoms with E-state index < -0.39 is 5.97 Å². The summed E-state index contributed by atoms with van der Waals surface area (Å²) < 4.78 is 0. The minimum atomic E-state index is -0.947. The molecule has 2 aromatic carbocycles. The minimum absolute atomic E-state index is 0.0432. The van der Waals surface area contributed by atoms with Crippen molar-refractivity contribution in [3.05, 3.63) is 70.8 Å². The molecule has 3 rings (SSSR count). The Labute approximate surface area is 135 Å². The van der Waals surface area contributed by atoms with Gasteiger partial charge in [-0.25, -0.2) is 0 Å². The fraction of sp³-hybridized carbons (Fsp3) is 0.200. The molecule has 0 bridgehead atoms. The van der Waals surface area contributed by atoms with E-state index >= 15 is 0 Å². The quantitative estimate of drug-likeness (QED) is 0.883. The smallest absolute Gasteiger partial charge is 0.303 e.